The third kappa shape index (κ3) is 3.40. The summed E-state index contributed by atoms with van der Waals surface area (Å²) in [5, 5.41) is 7.74. The molecule has 1 saturated heterocycles. The molecule has 1 fully saturated rings. The summed E-state index contributed by atoms with van der Waals surface area (Å²) in [5.74, 6) is 1.45. The number of amides is 1. The molecule has 0 N–H and O–H groups in total. The molecule has 8 heteroatoms. The van der Waals surface area contributed by atoms with E-state index in [0.717, 1.165) is 36.3 Å². The number of rotatable bonds is 4. The minimum Gasteiger partial charge on any atom is -0.493 e. The number of methoxy groups -OCH3 is 2. The zero-order chi connectivity index (χ0) is 22.1. The van der Waals surface area contributed by atoms with E-state index in [9.17, 15) is 4.79 Å². The van der Waals surface area contributed by atoms with Crippen molar-refractivity contribution in [2.75, 3.05) is 33.9 Å². The lowest BCUT2D eigenvalue weighted by Crippen LogP contribution is -2.48. The van der Waals surface area contributed by atoms with Crippen molar-refractivity contribution < 1.29 is 19.0 Å². The Bertz CT molecular complexity index is 1120. The Balaban J connectivity index is 1.40. The molecule has 0 atom stereocenters. The first kappa shape index (κ1) is 20.5. The molecule has 0 unspecified atom stereocenters. The van der Waals surface area contributed by atoms with Crippen LogP contribution in [0.3, 0.4) is 0 Å². The Kier molecular flexibility index (Phi) is 5.30. The maximum absolute atomic E-state index is 13.4. The summed E-state index contributed by atoms with van der Waals surface area (Å²) in [6.45, 7) is 1.89. The van der Waals surface area contributed by atoms with Crippen LogP contribution in [0.5, 0.6) is 11.5 Å². The fraction of sp³-hybridized carbons (Fsp3) is 0.375. The van der Waals surface area contributed by atoms with Crippen LogP contribution in [-0.2, 0) is 16.8 Å². The predicted octanol–water partition coefficient (Wildman–Crippen LogP) is 2.99. The van der Waals surface area contributed by atoms with Gasteiger partial charge in [-0.3, -0.25) is 9.36 Å². The SMILES string of the molecule is COc1cc2c(cc1OC)C1(CCN(C(=O)c3ccccc3-n3cnnc3)CC1)OCC2. The average Bonchev–Trinajstić information content (AvgIpc) is 3.38. The van der Waals surface area contributed by atoms with Gasteiger partial charge in [-0.2, -0.15) is 0 Å². The van der Waals surface area contributed by atoms with Gasteiger partial charge in [-0.15, -0.1) is 10.2 Å². The summed E-state index contributed by atoms with van der Waals surface area (Å²) >= 11 is 0. The van der Waals surface area contributed by atoms with E-state index in [2.05, 4.69) is 16.3 Å². The van der Waals surface area contributed by atoms with Gasteiger partial charge in [-0.05, 0) is 54.7 Å². The van der Waals surface area contributed by atoms with Gasteiger partial charge in [-0.1, -0.05) is 12.1 Å². The van der Waals surface area contributed by atoms with Crippen molar-refractivity contribution in [2.45, 2.75) is 24.9 Å². The van der Waals surface area contributed by atoms with Crippen LogP contribution in [0.15, 0.2) is 49.1 Å². The minimum absolute atomic E-state index is 0.00694. The van der Waals surface area contributed by atoms with E-state index in [-0.39, 0.29) is 5.91 Å². The highest BCUT2D eigenvalue weighted by Gasteiger charge is 2.42. The number of fused-ring (bicyclic) bond motifs is 2. The van der Waals surface area contributed by atoms with E-state index >= 15 is 0 Å². The van der Waals surface area contributed by atoms with Crippen molar-refractivity contribution in [3.05, 3.63) is 65.7 Å². The van der Waals surface area contributed by atoms with Gasteiger partial charge >= 0.3 is 0 Å². The normalized spacial score (nSPS) is 17.1. The van der Waals surface area contributed by atoms with E-state index in [1.54, 1.807) is 31.4 Å². The van der Waals surface area contributed by atoms with E-state index < -0.39 is 5.60 Å². The predicted molar refractivity (Wildman–Crippen MR) is 117 cm³/mol. The molecule has 3 aromatic rings. The number of likely N-dealkylation sites (tertiary alicyclic amines) is 1. The van der Waals surface area contributed by atoms with Crippen molar-refractivity contribution in [3.63, 3.8) is 0 Å². The van der Waals surface area contributed by atoms with Crippen LogP contribution in [0.25, 0.3) is 5.69 Å². The second-order valence-electron chi connectivity index (χ2n) is 8.14. The molecule has 2 aliphatic heterocycles. The first-order chi connectivity index (χ1) is 15.6. The van der Waals surface area contributed by atoms with Gasteiger partial charge in [-0.25, -0.2) is 0 Å². The van der Waals surface area contributed by atoms with E-state index in [1.165, 1.54) is 5.56 Å². The molecule has 2 aromatic carbocycles. The highest BCUT2D eigenvalue weighted by Crippen LogP contribution is 2.45. The van der Waals surface area contributed by atoms with Gasteiger partial charge in [0.1, 0.15) is 12.7 Å². The number of hydrogen-bond donors (Lipinski definition) is 0. The number of benzene rings is 2. The number of carbonyl (C=O) groups excluding carboxylic acids is 1. The van der Waals surface area contributed by atoms with Crippen molar-refractivity contribution in [1.29, 1.82) is 0 Å². The van der Waals surface area contributed by atoms with Crippen LogP contribution in [0, 0.1) is 0 Å². The standard InChI is InChI=1S/C24H26N4O4/c1-30-21-13-17-7-12-32-24(19(17)14-22(21)31-2)8-10-27(11-9-24)23(29)18-5-3-4-6-20(18)28-15-25-26-16-28/h3-6,13-16H,7-12H2,1-2H3. The number of aromatic nitrogens is 3. The summed E-state index contributed by atoms with van der Waals surface area (Å²) in [4.78, 5) is 15.3. The van der Waals surface area contributed by atoms with Crippen LogP contribution in [-0.4, -0.2) is 59.5 Å². The highest BCUT2D eigenvalue weighted by molar-refractivity contribution is 5.97. The number of carbonyl (C=O) groups is 1. The summed E-state index contributed by atoms with van der Waals surface area (Å²) in [6, 6.07) is 11.7. The smallest absolute Gasteiger partial charge is 0.255 e. The summed E-state index contributed by atoms with van der Waals surface area (Å²) in [7, 11) is 3.30. The Labute approximate surface area is 186 Å². The molecule has 8 nitrogen and oxygen atoms in total. The molecule has 1 aromatic heterocycles. The fourth-order valence-corrected chi connectivity index (χ4v) is 4.85. The number of hydrogen-bond acceptors (Lipinski definition) is 6. The van der Waals surface area contributed by atoms with Crippen molar-refractivity contribution >= 4 is 5.91 Å². The lowest BCUT2D eigenvalue weighted by molar-refractivity contribution is -0.0936. The largest absolute Gasteiger partial charge is 0.493 e. The fourth-order valence-electron chi connectivity index (χ4n) is 4.85. The quantitative estimate of drug-likeness (QED) is 0.628. The molecule has 0 bridgehead atoms. The van der Waals surface area contributed by atoms with Crippen LogP contribution >= 0.6 is 0 Å². The van der Waals surface area contributed by atoms with Gasteiger partial charge < -0.3 is 19.1 Å². The molecule has 2 aliphatic rings. The average molecular weight is 434 g/mol. The van der Waals surface area contributed by atoms with Crippen molar-refractivity contribution in [2.24, 2.45) is 0 Å². The lowest BCUT2D eigenvalue weighted by atomic mass is 9.79. The van der Waals surface area contributed by atoms with Gasteiger partial charge in [0.15, 0.2) is 11.5 Å². The number of para-hydroxylation sites is 1. The molecule has 1 amide bonds. The van der Waals surface area contributed by atoms with Crippen LogP contribution < -0.4 is 9.47 Å². The Hall–Kier alpha value is -3.39. The molecule has 0 saturated carbocycles. The highest BCUT2D eigenvalue weighted by atomic mass is 16.5. The third-order valence-corrected chi connectivity index (χ3v) is 6.54. The second kappa shape index (κ2) is 8.27. The molecule has 32 heavy (non-hydrogen) atoms. The second-order valence-corrected chi connectivity index (χ2v) is 8.14. The lowest BCUT2D eigenvalue weighted by Gasteiger charge is -2.45. The molecular weight excluding hydrogens is 408 g/mol. The van der Waals surface area contributed by atoms with Crippen LogP contribution in [0.4, 0.5) is 0 Å². The van der Waals surface area contributed by atoms with E-state index in [0.29, 0.717) is 31.0 Å². The summed E-state index contributed by atoms with van der Waals surface area (Å²) < 4.78 is 19.2. The molecule has 166 valence electrons. The Morgan fingerprint density at radius 3 is 2.44 bits per heavy atom. The monoisotopic (exact) mass is 434 g/mol. The maximum Gasteiger partial charge on any atom is 0.255 e. The van der Waals surface area contributed by atoms with E-state index in [4.69, 9.17) is 14.2 Å². The molecular formula is C24H26N4O4. The zero-order valence-electron chi connectivity index (χ0n) is 18.3. The summed E-state index contributed by atoms with van der Waals surface area (Å²) in [5.41, 5.74) is 3.39. The molecule has 1 spiro atoms. The zero-order valence-corrected chi connectivity index (χ0v) is 18.3. The van der Waals surface area contributed by atoms with Gasteiger partial charge in [0.25, 0.3) is 5.91 Å². The van der Waals surface area contributed by atoms with Crippen LogP contribution in [0.2, 0.25) is 0 Å². The van der Waals surface area contributed by atoms with Gasteiger partial charge in [0.05, 0.1) is 37.7 Å². The van der Waals surface area contributed by atoms with E-state index in [1.807, 2.05) is 35.2 Å². The Morgan fingerprint density at radius 2 is 1.72 bits per heavy atom. The molecule has 3 heterocycles. The van der Waals surface area contributed by atoms with Crippen molar-refractivity contribution in [3.8, 4) is 17.2 Å². The Morgan fingerprint density at radius 1 is 1.03 bits per heavy atom. The molecule has 5 rings (SSSR count). The number of ether oxygens (including phenoxy) is 3. The van der Waals surface area contributed by atoms with Crippen LogP contribution in [0.1, 0.15) is 34.3 Å². The van der Waals surface area contributed by atoms with Crippen molar-refractivity contribution in [1.82, 2.24) is 19.7 Å². The topological polar surface area (TPSA) is 78.7 Å². The van der Waals surface area contributed by atoms with Gasteiger partial charge in [0, 0.05) is 13.1 Å². The molecule has 0 radical (unpaired) electrons. The first-order valence-corrected chi connectivity index (χ1v) is 10.8. The van der Waals surface area contributed by atoms with Gasteiger partial charge in [0.2, 0.25) is 0 Å². The summed E-state index contributed by atoms with van der Waals surface area (Å²) in [6.07, 6.45) is 5.51. The number of nitrogens with zero attached hydrogens (tertiary/aromatic N) is 4. The molecule has 0 aliphatic carbocycles. The first-order valence-electron chi connectivity index (χ1n) is 10.8. The number of piperidine rings is 1. The minimum atomic E-state index is -0.405. The maximum atomic E-state index is 13.4. The third-order valence-electron chi connectivity index (χ3n) is 6.54.